The Bertz CT molecular complexity index is 844. The number of ether oxygens (including phenoxy) is 1. The molecule has 0 spiro atoms. The van der Waals surface area contributed by atoms with E-state index in [1.165, 1.54) is 28.6 Å². The molecule has 2 aliphatic heterocycles. The Morgan fingerprint density at radius 3 is 2.11 bits per heavy atom. The van der Waals surface area contributed by atoms with E-state index in [4.69, 9.17) is 4.74 Å². The van der Waals surface area contributed by atoms with Crippen LogP contribution in [0.1, 0.15) is 26.2 Å². The van der Waals surface area contributed by atoms with E-state index in [9.17, 15) is 16.8 Å². The molecule has 1 atom stereocenters. The Labute approximate surface area is 168 Å². The van der Waals surface area contributed by atoms with Crippen LogP contribution in [-0.2, 0) is 24.8 Å². The van der Waals surface area contributed by atoms with E-state index in [0.717, 1.165) is 32.4 Å². The van der Waals surface area contributed by atoms with E-state index < -0.39 is 20.0 Å². The summed E-state index contributed by atoms with van der Waals surface area (Å²) in [5.41, 5.74) is 0. The van der Waals surface area contributed by atoms with Crippen LogP contribution >= 0.6 is 0 Å². The molecule has 1 N–H and O–H groups in total. The highest BCUT2D eigenvalue weighted by molar-refractivity contribution is 7.89. The van der Waals surface area contributed by atoms with Gasteiger partial charge in [-0.15, -0.1) is 0 Å². The van der Waals surface area contributed by atoms with Gasteiger partial charge in [0.15, 0.2) is 0 Å². The minimum atomic E-state index is -3.70. The maximum Gasteiger partial charge on any atom is 0.243 e. The number of hydrogen-bond donors (Lipinski definition) is 1. The fourth-order valence-corrected chi connectivity index (χ4v) is 6.14. The van der Waals surface area contributed by atoms with E-state index >= 15 is 0 Å². The van der Waals surface area contributed by atoms with Gasteiger partial charge in [0.1, 0.15) is 0 Å². The molecule has 0 aromatic heterocycles. The summed E-state index contributed by atoms with van der Waals surface area (Å²) in [5, 5.41) is 0. The molecular weight excluding hydrogens is 402 g/mol. The van der Waals surface area contributed by atoms with Crippen LogP contribution in [0.4, 0.5) is 0 Å². The highest BCUT2D eigenvalue weighted by atomic mass is 32.2. The largest absolute Gasteiger partial charge is 0.379 e. The van der Waals surface area contributed by atoms with Gasteiger partial charge in [-0.05, 0) is 44.0 Å². The minimum Gasteiger partial charge on any atom is -0.379 e. The van der Waals surface area contributed by atoms with E-state index in [1.54, 1.807) is 0 Å². The predicted octanol–water partition coefficient (Wildman–Crippen LogP) is 0.860. The molecule has 0 radical (unpaired) electrons. The first-order chi connectivity index (χ1) is 13.3. The maximum atomic E-state index is 12.7. The SMILES string of the molecule is CC(CNS(=O)(=O)c1ccc(S(=O)(=O)N2CCCCC2)cc1)N1CCOCC1. The number of morpholine rings is 1. The molecule has 0 bridgehead atoms. The second-order valence-electron chi connectivity index (χ2n) is 7.29. The first-order valence-corrected chi connectivity index (χ1v) is 12.6. The second kappa shape index (κ2) is 9.19. The van der Waals surface area contributed by atoms with Crippen LogP contribution in [0.25, 0.3) is 0 Å². The van der Waals surface area contributed by atoms with Gasteiger partial charge < -0.3 is 4.74 Å². The van der Waals surface area contributed by atoms with Gasteiger partial charge in [0, 0.05) is 38.8 Å². The summed E-state index contributed by atoms with van der Waals surface area (Å²) >= 11 is 0. The molecule has 2 aliphatic rings. The van der Waals surface area contributed by atoms with E-state index in [-0.39, 0.29) is 22.4 Å². The topological polar surface area (TPSA) is 96.0 Å². The molecule has 3 rings (SSSR count). The van der Waals surface area contributed by atoms with Crippen molar-refractivity contribution in [2.75, 3.05) is 45.9 Å². The lowest BCUT2D eigenvalue weighted by Crippen LogP contribution is -2.47. The van der Waals surface area contributed by atoms with Crippen LogP contribution in [0.15, 0.2) is 34.1 Å². The van der Waals surface area contributed by atoms with Crippen molar-refractivity contribution in [1.82, 2.24) is 13.9 Å². The van der Waals surface area contributed by atoms with Gasteiger partial charge in [0.05, 0.1) is 23.0 Å². The minimum absolute atomic E-state index is 0.0532. The predicted molar refractivity (Wildman–Crippen MR) is 106 cm³/mol. The van der Waals surface area contributed by atoms with Crippen molar-refractivity contribution >= 4 is 20.0 Å². The van der Waals surface area contributed by atoms with E-state index in [0.29, 0.717) is 26.3 Å². The zero-order chi connectivity index (χ0) is 20.2. The van der Waals surface area contributed by atoms with E-state index in [1.807, 2.05) is 6.92 Å². The summed E-state index contributed by atoms with van der Waals surface area (Å²) in [6.45, 7) is 6.18. The molecule has 1 unspecified atom stereocenters. The van der Waals surface area contributed by atoms with Crippen LogP contribution < -0.4 is 4.72 Å². The quantitative estimate of drug-likeness (QED) is 0.688. The van der Waals surface area contributed by atoms with Crippen molar-refractivity contribution in [1.29, 1.82) is 0 Å². The number of benzene rings is 1. The first kappa shape index (κ1) is 21.7. The van der Waals surface area contributed by atoms with Crippen LogP contribution in [0, 0.1) is 0 Å². The summed E-state index contributed by atoms with van der Waals surface area (Å²) in [6, 6.07) is 5.53. The second-order valence-corrected chi connectivity index (χ2v) is 11.0. The average molecular weight is 432 g/mol. The summed E-state index contributed by atoms with van der Waals surface area (Å²) < 4.78 is 59.9. The van der Waals surface area contributed by atoms with Crippen molar-refractivity contribution in [3.8, 4) is 0 Å². The Balaban J connectivity index is 1.64. The van der Waals surface area contributed by atoms with Crippen molar-refractivity contribution < 1.29 is 21.6 Å². The van der Waals surface area contributed by atoms with Gasteiger partial charge >= 0.3 is 0 Å². The molecular formula is C18H29N3O5S2. The lowest BCUT2D eigenvalue weighted by Gasteiger charge is -2.32. The monoisotopic (exact) mass is 431 g/mol. The molecule has 2 fully saturated rings. The van der Waals surface area contributed by atoms with Gasteiger partial charge in [-0.3, -0.25) is 4.90 Å². The third-order valence-corrected chi connectivity index (χ3v) is 8.68. The number of nitrogens with zero attached hydrogens (tertiary/aromatic N) is 2. The fourth-order valence-electron chi connectivity index (χ4n) is 3.51. The van der Waals surface area contributed by atoms with Gasteiger partial charge in [-0.2, -0.15) is 4.31 Å². The van der Waals surface area contributed by atoms with Gasteiger partial charge in [-0.25, -0.2) is 21.6 Å². The Morgan fingerprint density at radius 1 is 0.929 bits per heavy atom. The first-order valence-electron chi connectivity index (χ1n) is 9.72. The Morgan fingerprint density at radius 2 is 1.50 bits per heavy atom. The van der Waals surface area contributed by atoms with Gasteiger partial charge in [0.25, 0.3) is 0 Å². The third-order valence-electron chi connectivity index (χ3n) is 5.32. The normalized spacial score (nSPS) is 21.5. The average Bonchev–Trinajstić information content (AvgIpc) is 2.73. The number of hydrogen-bond acceptors (Lipinski definition) is 6. The maximum absolute atomic E-state index is 12.7. The molecule has 158 valence electrons. The van der Waals surface area contributed by atoms with Crippen molar-refractivity contribution in [3.05, 3.63) is 24.3 Å². The molecule has 2 saturated heterocycles. The van der Waals surface area contributed by atoms with Crippen molar-refractivity contribution in [2.45, 2.75) is 42.0 Å². The van der Waals surface area contributed by atoms with Crippen LogP contribution in [0.3, 0.4) is 0 Å². The standard InChI is InChI=1S/C18H29N3O5S2/c1-16(20-11-13-26-14-12-20)15-19-27(22,23)17-5-7-18(8-6-17)28(24,25)21-9-3-2-4-10-21/h5-8,16,19H,2-4,9-15H2,1H3. The van der Waals surface area contributed by atoms with Crippen LogP contribution in [0.2, 0.25) is 0 Å². The Hall–Kier alpha value is -1.04. The summed E-state index contributed by atoms with van der Waals surface area (Å²) in [4.78, 5) is 2.38. The number of sulfonamides is 2. The number of rotatable bonds is 7. The summed E-state index contributed by atoms with van der Waals surface area (Å²) in [7, 11) is -7.26. The number of piperidine rings is 1. The summed E-state index contributed by atoms with van der Waals surface area (Å²) in [5.74, 6) is 0. The molecule has 0 saturated carbocycles. The van der Waals surface area contributed by atoms with Crippen molar-refractivity contribution in [2.24, 2.45) is 0 Å². The zero-order valence-electron chi connectivity index (χ0n) is 16.2. The lowest BCUT2D eigenvalue weighted by molar-refractivity contribution is 0.0213. The smallest absolute Gasteiger partial charge is 0.243 e. The molecule has 10 heteroatoms. The molecule has 8 nitrogen and oxygen atoms in total. The molecule has 0 amide bonds. The zero-order valence-corrected chi connectivity index (χ0v) is 17.8. The molecule has 2 heterocycles. The summed E-state index contributed by atoms with van der Waals surface area (Å²) in [6.07, 6.45) is 2.76. The van der Waals surface area contributed by atoms with Crippen molar-refractivity contribution in [3.63, 3.8) is 0 Å². The Kier molecular flexibility index (Phi) is 7.11. The molecule has 1 aromatic carbocycles. The molecule has 0 aliphatic carbocycles. The lowest BCUT2D eigenvalue weighted by atomic mass is 10.2. The number of nitrogens with one attached hydrogen (secondary N) is 1. The van der Waals surface area contributed by atoms with Crippen LogP contribution in [-0.4, -0.2) is 78.0 Å². The molecule has 28 heavy (non-hydrogen) atoms. The van der Waals surface area contributed by atoms with Gasteiger partial charge in [0.2, 0.25) is 20.0 Å². The highest BCUT2D eigenvalue weighted by Gasteiger charge is 2.26. The molecule has 1 aromatic rings. The third kappa shape index (κ3) is 5.11. The van der Waals surface area contributed by atoms with E-state index in [2.05, 4.69) is 9.62 Å². The van der Waals surface area contributed by atoms with Crippen LogP contribution in [0.5, 0.6) is 0 Å². The van der Waals surface area contributed by atoms with Gasteiger partial charge in [-0.1, -0.05) is 6.42 Å². The fraction of sp³-hybridized carbons (Fsp3) is 0.667. The highest BCUT2D eigenvalue weighted by Crippen LogP contribution is 2.22.